The number of aromatic amines is 1. The van der Waals surface area contributed by atoms with Crippen LogP contribution >= 0.6 is 0 Å². The van der Waals surface area contributed by atoms with Gasteiger partial charge in [-0.25, -0.2) is 9.78 Å². The van der Waals surface area contributed by atoms with Crippen molar-refractivity contribution in [2.24, 2.45) is 28.9 Å². The van der Waals surface area contributed by atoms with Gasteiger partial charge in [0.2, 0.25) is 88.6 Å². The summed E-state index contributed by atoms with van der Waals surface area (Å²) in [5, 5.41) is 127. The second-order valence-electron chi connectivity index (χ2n) is 30.4. The van der Waals surface area contributed by atoms with Crippen LogP contribution in [0.1, 0.15) is 141 Å². The van der Waals surface area contributed by atoms with Crippen LogP contribution in [0.4, 0.5) is 0 Å². The number of H-pyrrole nitrogens is 1. The van der Waals surface area contributed by atoms with Gasteiger partial charge in [-0.3, -0.25) is 102 Å². The summed E-state index contributed by atoms with van der Waals surface area (Å²) in [5.74, 6) is -26.7. The number of carboxylic acids is 5. The monoisotopic (exact) mass is 1800 g/mol. The summed E-state index contributed by atoms with van der Waals surface area (Å²) in [5.41, 5.74) is 22.5. The Bertz CT molecular complexity index is 4250. The number of phenols is 1. The zero-order chi connectivity index (χ0) is 95.1. The second-order valence-corrected chi connectivity index (χ2v) is 30.4. The van der Waals surface area contributed by atoms with Crippen molar-refractivity contribution in [1.29, 1.82) is 10.8 Å². The molecule has 2 aliphatic heterocycles. The quantitative estimate of drug-likeness (QED) is 0.0166. The van der Waals surface area contributed by atoms with Crippen molar-refractivity contribution >= 4 is 130 Å². The summed E-state index contributed by atoms with van der Waals surface area (Å²) in [4.78, 5) is 279. The molecule has 33 N–H and O–H groups in total. The number of aliphatic carboxylic acids is 5. The van der Waals surface area contributed by atoms with E-state index in [-0.39, 0.29) is 101 Å². The van der Waals surface area contributed by atoms with Crippen molar-refractivity contribution in [2.75, 3.05) is 39.4 Å². The molecule has 4 rings (SSSR count). The molecule has 15 amide bonds. The number of carbonyl (C=O) groups excluding carboxylic acids is 15. The molecule has 3 heterocycles. The van der Waals surface area contributed by atoms with Crippen molar-refractivity contribution in [3.63, 3.8) is 0 Å². The van der Waals surface area contributed by atoms with Gasteiger partial charge < -0.3 is 153 Å². The maximum absolute atomic E-state index is 15.1. The molecular weight excluding hydrogens is 1680 g/mol. The van der Waals surface area contributed by atoms with E-state index in [2.05, 4.69) is 84.4 Å². The Morgan fingerprint density at radius 1 is 0.457 bits per heavy atom. The van der Waals surface area contributed by atoms with E-state index in [0.29, 0.717) is 0 Å². The van der Waals surface area contributed by atoms with Crippen molar-refractivity contribution in [3.05, 3.63) is 48.0 Å². The van der Waals surface area contributed by atoms with Gasteiger partial charge in [-0.15, -0.1) is 0 Å². The highest BCUT2D eigenvalue weighted by Crippen LogP contribution is 2.23. The van der Waals surface area contributed by atoms with Crippen LogP contribution in [0.2, 0.25) is 0 Å². The molecule has 52 heteroatoms. The lowest BCUT2D eigenvalue weighted by atomic mass is 10.0. The number of phenolic OH excluding ortho intramolecular Hbond substituents is 1. The van der Waals surface area contributed by atoms with E-state index in [0.717, 1.165) is 9.80 Å². The number of benzene rings is 1. The Morgan fingerprint density at radius 3 is 1.34 bits per heavy atom. The minimum Gasteiger partial charge on any atom is -0.508 e. The number of guanidine groups is 2. The molecule has 1 aromatic heterocycles. The molecule has 127 heavy (non-hydrogen) atoms. The number of hydrogen-bond donors (Lipinski definition) is 29. The van der Waals surface area contributed by atoms with Crippen LogP contribution in [0.25, 0.3) is 0 Å². The van der Waals surface area contributed by atoms with Crippen LogP contribution < -0.4 is 97.4 Å². The third kappa shape index (κ3) is 36.8. The van der Waals surface area contributed by atoms with E-state index in [4.69, 9.17) is 38.9 Å². The highest BCUT2D eigenvalue weighted by atomic mass is 16.4. The molecule has 0 unspecified atom stereocenters. The molecule has 0 aliphatic carbocycles. The van der Waals surface area contributed by atoms with Gasteiger partial charge >= 0.3 is 29.8 Å². The third-order valence-corrected chi connectivity index (χ3v) is 19.8. The molecule has 2 aromatic rings. The first-order chi connectivity index (χ1) is 59.8. The number of rotatable bonds is 56. The van der Waals surface area contributed by atoms with Crippen LogP contribution in [-0.4, -0.2) is 321 Å². The first-order valence-electron chi connectivity index (χ1n) is 40.3. The summed E-state index contributed by atoms with van der Waals surface area (Å²) in [6.45, 7) is 1.61. The molecule has 0 bridgehead atoms. The first-order valence-corrected chi connectivity index (χ1v) is 40.3. The van der Waals surface area contributed by atoms with E-state index < -0.39 is 304 Å². The summed E-state index contributed by atoms with van der Waals surface area (Å²) in [7, 11) is 0. The highest BCUT2D eigenvalue weighted by molar-refractivity contribution is 6.02. The zero-order valence-electron chi connectivity index (χ0n) is 69.8. The van der Waals surface area contributed by atoms with Crippen molar-refractivity contribution in [2.45, 2.75) is 233 Å². The van der Waals surface area contributed by atoms with E-state index in [1.807, 2.05) is 0 Å². The predicted molar refractivity (Wildman–Crippen MR) is 437 cm³/mol. The fourth-order valence-corrected chi connectivity index (χ4v) is 13.2. The minimum atomic E-state index is -2.16. The molecule has 15 atom stereocenters. The Labute approximate surface area is 725 Å². The number of carboxylic acid groups (broad SMARTS) is 5. The second kappa shape index (κ2) is 52.6. The number of imidazole rings is 1. The van der Waals surface area contributed by atoms with Crippen molar-refractivity contribution < 1.29 is 137 Å². The smallest absolute Gasteiger partial charge is 0.326 e. The molecular formula is C75H114N24O28. The molecule has 702 valence electrons. The summed E-state index contributed by atoms with van der Waals surface area (Å²) in [6, 6.07) is -21.1. The number of amides is 15. The lowest BCUT2D eigenvalue weighted by Crippen LogP contribution is -2.61. The number of hydrogen-bond acceptors (Lipinski definition) is 27. The number of primary amides is 1. The Balaban J connectivity index is 1.63. The number of aliphatic hydroxyl groups is 2. The van der Waals surface area contributed by atoms with Gasteiger partial charge in [0.1, 0.15) is 90.3 Å². The molecule has 0 saturated carbocycles. The first kappa shape index (κ1) is 105. The third-order valence-electron chi connectivity index (χ3n) is 19.8. The van der Waals surface area contributed by atoms with Gasteiger partial charge in [-0.2, -0.15) is 0 Å². The maximum Gasteiger partial charge on any atom is 0.326 e. The van der Waals surface area contributed by atoms with Gasteiger partial charge in [-0.05, 0) is 108 Å². The van der Waals surface area contributed by atoms with Crippen LogP contribution in [0.3, 0.4) is 0 Å². The fraction of sp³-hybridized carbons (Fsp3) is 0.587. The Kier molecular flexibility index (Phi) is 43.7. The van der Waals surface area contributed by atoms with Crippen molar-refractivity contribution in [3.8, 4) is 5.75 Å². The van der Waals surface area contributed by atoms with Crippen LogP contribution in [0, 0.1) is 16.7 Å². The maximum atomic E-state index is 15.1. The number of likely N-dealkylation sites (tertiary alicyclic amines) is 2. The summed E-state index contributed by atoms with van der Waals surface area (Å²) in [6.07, 6.45) is -5.58. The Hall–Kier alpha value is -13.9. The van der Waals surface area contributed by atoms with Crippen LogP contribution in [-0.2, 0) is 109 Å². The fourth-order valence-electron chi connectivity index (χ4n) is 13.2. The lowest BCUT2D eigenvalue weighted by molar-refractivity contribution is -0.149. The van der Waals surface area contributed by atoms with Gasteiger partial charge in [0.05, 0.1) is 38.4 Å². The molecule has 1 aromatic carbocycles. The number of nitrogens with one attached hydrogen (secondary N) is 17. The largest absolute Gasteiger partial charge is 0.508 e. The zero-order valence-corrected chi connectivity index (χ0v) is 69.8. The normalized spacial score (nSPS) is 16.5. The predicted octanol–water partition coefficient (Wildman–Crippen LogP) is -10.4. The average molecular weight is 1800 g/mol. The number of nitrogens with two attached hydrogens (primary N) is 4. The average Bonchev–Trinajstić information content (AvgIpc) is 1.17. The van der Waals surface area contributed by atoms with Gasteiger partial charge in [0, 0.05) is 70.2 Å². The molecule has 0 radical (unpaired) electrons. The molecule has 2 fully saturated rings. The van der Waals surface area contributed by atoms with Crippen LogP contribution in [0.5, 0.6) is 5.75 Å². The lowest BCUT2D eigenvalue weighted by Gasteiger charge is -2.31. The number of nitrogens with zero attached hydrogens (tertiary/aromatic N) is 3. The topological polar surface area (TPSA) is 859 Å². The van der Waals surface area contributed by atoms with Crippen molar-refractivity contribution in [1.82, 2.24) is 94.2 Å². The molecule has 2 saturated heterocycles. The van der Waals surface area contributed by atoms with Gasteiger partial charge in [0.25, 0.3) is 0 Å². The highest BCUT2D eigenvalue weighted by Gasteiger charge is 2.44. The molecule has 52 nitrogen and oxygen atoms in total. The number of carbonyl (C=O) groups is 20. The standard InChI is InChI=1S/C75H114N24O28/c1-35(2)26-45(91-68(121)50(32-100)96-59(112)36(3)86-60(113)40(76)16-19-55(104)105)64(117)97-51(33-101)69(122)94-48(30-58(110)111)67(120)87-41(8-4-22-83-74(78)79)61(114)95-49(28-38-31-82-34-85-38)72(125)98-24-6-10-52(98)70(123)89-43(18-21-57(108)109)62(115)88-42(17-20-56(106)107)63(116)92-46(27-37-12-14-39(102)15-13-37)65(118)93-47(29-54(77)103)66(119)90-44(9-5-23-84-75(80)81)71(124)99-25-7-11-53(99)73(126)127/h12-15,31,34-36,40-53,100-102H,4-11,16-30,32-33,76H2,1-3H3,(H2,77,103)(H,82,85)(H,86,113)(H,87,120)(H,88,115)(H,89,123)(H,90,119)(H,91,121)(H,92,116)(H,93,118)(H,94,122)(H,95,114)(H,96,112)(H,97,117)(H,104,105)(H,106,107)(H,108,109)(H,110,111)(H,126,127)(H4,78,79,83)(H4,80,81,84)/t36-,40-,41-,42-,43-,44-,45-,46-,47-,48-,49-,50-,51-,52-,53-/m0/s1. The number of aromatic hydroxyl groups is 1. The SMILES string of the molecule is CC(C)C[C@H](NC(=O)[C@H](CO)NC(=O)[C@H](C)NC(=O)[C@@H](N)CCC(=O)O)C(=O)N[C@@H](CO)C(=O)N[C@@H](CC(=O)O)C(=O)N[C@@H](CCCNC(=N)N)C(=O)N[C@@H](Cc1cnc[nH]1)C(=O)N1CCC[C@H]1C(=O)N[C@@H](CCC(=O)O)C(=O)N[C@@H](CCC(=O)O)C(=O)N[C@@H](Cc1ccc(O)cc1)C(=O)N[C@@H](CC(N)=O)C(=O)N[C@@H](CCCNC(=N)N)C(=O)N1CCC[C@H]1C(=O)O. The Morgan fingerprint density at radius 2 is 0.858 bits per heavy atom. The van der Waals surface area contributed by atoms with E-state index in [9.17, 15) is 127 Å². The van der Waals surface area contributed by atoms with E-state index in [1.54, 1.807) is 13.8 Å². The molecule has 2 aliphatic rings. The summed E-state index contributed by atoms with van der Waals surface area (Å²) >= 11 is 0. The van der Waals surface area contributed by atoms with Gasteiger partial charge in [-0.1, -0.05) is 26.0 Å². The number of aromatic nitrogens is 2. The van der Waals surface area contributed by atoms with E-state index >= 15 is 4.79 Å². The number of aliphatic hydroxyl groups excluding tert-OH is 2. The summed E-state index contributed by atoms with van der Waals surface area (Å²) < 4.78 is 0. The molecule has 0 spiro atoms. The van der Waals surface area contributed by atoms with E-state index in [1.165, 1.54) is 43.7 Å². The van der Waals surface area contributed by atoms with Crippen LogP contribution in [0.15, 0.2) is 36.8 Å². The minimum absolute atomic E-state index is 0.00809. The van der Waals surface area contributed by atoms with Gasteiger partial charge in [0.15, 0.2) is 11.9 Å².